The van der Waals surface area contributed by atoms with Crippen molar-refractivity contribution < 1.29 is 25.2 Å². The molecule has 0 radical (unpaired) electrons. The van der Waals surface area contributed by atoms with E-state index >= 15 is 0 Å². The summed E-state index contributed by atoms with van der Waals surface area (Å²) in [6, 6.07) is 12.6. The van der Waals surface area contributed by atoms with Crippen LogP contribution in [0.3, 0.4) is 0 Å². The van der Waals surface area contributed by atoms with Gasteiger partial charge in [-0.05, 0) is 51.6 Å². The van der Waals surface area contributed by atoms with Gasteiger partial charge in [0.15, 0.2) is 0 Å². The minimum atomic E-state index is -3.88. The number of aryl methyl sites for hydroxylation is 2. The highest BCUT2D eigenvalue weighted by atomic mass is 32.2. The summed E-state index contributed by atoms with van der Waals surface area (Å²) in [5.41, 5.74) is 1.91. The number of hydrogen-bond acceptors (Lipinski definition) is 7. The Morgan fingerprint density at radius 2 is 1.34 bits per heavy atom. The topological polar surface area (TPSA) is 90.0 Å². The smallest absolute Gasteiger partial charge is 0.297 e. The lowest BCUT2D eigenvalue weighted by atomic mass is 10.2. The third-order valence-electron chi connectivity index (χ3n) is 4.95. The van der Waals surface area contributed by atoms with Crippen molar-refractivity contribution in [2.45, 2.75) is 42.2 Å². The van der Waals surface area contributed by atoms with E-state index in [0.29, 0.717) is 13.0 Å². The molecule has 3 rings (SSSR count). The van der Waals surface area contributed by atoms with E-state index in [4.69, 9.17) is 8.37 Å². The Labute approximate surface area is 172 Å². The molecule has 2 atom stereocenters. The normalized spacial score (nSPS) is 20.8. The van der Waals surface area contributed by atoms with Crippen LogP contribution in [-0.4, -0.2) is 54.1 Å². The van der Waals surface area contributed by atoms with Crippen LogP contribution in [0.2, 0.25) is 0 Å². The molecule has 0 aliphatic carbocycles. The minimum absolute atomic E-state index is 0.0723. The molecule has 7 nitrogen and oxygen atoms in total. The zero-order chi connectivity index (χ0) is 21.2. The van der Waals surface area contributed by atoms with Gasteiger partial charge >= 0.3 is 0 Å². The molecule has 0 aromatic heterocycles. The average molecular weight is 440 g/mol. The summed E-state index contributed by atoms with van der Waals surface area (Å²) in [6.07, 6.45) is -0.215. The number of nitrogens with zero attached hydrogens (tertiary/aromatic N) is 1. The zero-order valence-electron chi connectivity index (χ0n) is 16.6. The molecule has 29 heavy (non-hydrogen) atoms. The largest absolute Gasteiger partial charge is 0.298 e. The van der Waals surface area contributed by atoms with Gasteiger partial charge in [-0.25, -0.2) is 0 Å². The molecule has 0 N–H and O–H groups in total. The van der Waals surface area contributed by atoms with Gasteiger partial charge in [-0.3, -0.25) is 13.3 Å². The van der Waals surface area contributed by atoms with Crippen molar-refractivity contribution >= 4 is 20.2 Å². The summed E-state index contributed by atoms with van der Waals surface area (Å²) in [5.74, 6) is 0. The average Bonchev–Trinajstić information content (AvgIpc) is 2.99. The highest BCUT2D eigenvalue weighted by Gasteiger charge is 2.35. The summed E-state index contributed by atoms with van der Waals surface area (Å²) < 4.78 is 60.3. The first-order valence-corrected chi connectivity index (χ1v) is 12.0. The Kier molecular flexibility index (Phi) is 6.45. The first-order valence-electron chi connectivity index (χ1n) is 9.23. The second kappa shape index (κ2) is 8.53. The van der Waals surface area contributed by atoms with Gasteiger partial charge in [0.2, 0.25) is 0 Å². The Hall–Kier alpha value is -1.78. The van der Waals surface area contributed by atoms with Crippen LogP contribution >= 0.6 is 0 Å². The van der Waals surface area contributed by atoms with Crippen molar-refractivity contribution in [2.75, 3.05) is 20.2 Å². The van der Waals surface area contributed by atoms with E-state index in [1.807, 2.05) is 18.7 Å². The zero-order valence-corrected chi connectivity index (χ0v) is 18.2. The maximum absolute atomic E-state index is 12.5. The van der Waals surface area contributed by atoms with Crippen molar-refractivity contribution in [1.82, 2.24) is 4.90 Å². The second-order valence-electron chi connectivity index (χ2n) is 7.37. The molecule has 0 saturated carbocycles. The number of hydrogen-bond donors (Lipinski definition) is 0. The molecule has 0 spiro atoms. The molecule has 1 fully saturated rings. The predicted octanol–water partition coefficient (Wildman–Crippen LogP) is 2.49. The van der Waals surface area contributed by atoms with Gasteiger partial charge in [0.05, 0.1) is 22.5 Å². The van der Waals surface area contributed by atoms with Crippen LogP contribution in [0.15, 0.2) is 58.3 Å². The van der Waals surface area contributed by atoms with E-state index in [1.54, 1.807) is 31.3 Å². The molecule has 1 heterocycles. The fourth-order valence-corrected chi connectivity index (χ4v) is 5.19. The molecule has 1 aliphatic heterocycles. The van der Waals surface area contributed by atoms with Crippen LogP contribution < -0.4 is 0 Å². The van der Waals surface area contributed by atoms with Gasteiger partial charge in [-0.1, -0.05) is 35.4 Å². The van der Waals surface area contributed by atoms with Crippen LogP contribution in [0.5, 0.6) is 0 Å². The minimum Gasteiger partial charge on any atom is -0.298 e. The highest BCUT2D eigenvalue weighted by Crippen LogP contribution is 2.25. The van der Waals surface area contributed by atoms with Gasteiger partial charge in [-0.15, -0.1) is 0 Å². The number of benzene rings is 2. The van der Waals surface area contributed by atoms with Crippen LogP contribution in [-0.2, 0) is 28.6 Å². The van der Waals surface area contributed by atoms with Crippen LogP contribution in [0.1, 0.15) is 17.5 Å². The van der Waals surface area contributed by atoms with Crippen molar-refractivity contribution in [3.05, 3.63) is 59.7 Å². The van der Waals surface area contributed by atoms with Crippen LogP contribution in [0.25, 0.3) is 0 Å². The van der Waals surface area contributed by atoms with Crippen molar-refractivity contribution in [3.8, 4) is 0 Å². The van der Waals surface area contributed by atoms with Gasteiger partial charge in [0.1, 0.15) is 0 Å². The quantitative estimate of drug-likeness (QED) is 0.612. The molecule has 2 aromatic carbocycles. The van der Waals surface area contributed by atoms with E-state index in [-0.39, 0.29) is 22.4 Å². The summed E-state index contributed by atoms with van der Waals surface area (Å²) in [6.45, 7) is 4.04. The SMILES string of the molecule is Cc1ccc(S(=O)(=O)OC[C@@H]2C[C@@H](OS(=O)(=O)c3ccc(C)cc3)CN2C)cc1. The van der Waals surface area contributed by atoms with E-state index < -0.39 is 26.3 Å². The van der Waals surface area contributed by atoms with E-state index in [1.165, 1.54) is 24.3 Å². The maximum Gasteiger partial charge on any atom is 0.297 e. The molecule has 1 saturated heterocycles. The fourth-order valence-electron chi connectivity index (χ4n) is 3.17. The van der Waals surface area contributed by atoms with E-state index in [9.17, 15) is 16.8 Å². The third-order valence-corrected chi connectivity index (χ3v) is 7.62. The standard InChI is InChI=1S/C20H25NO6S2/c1-15-4-8-19(9-5-15)28(22,23)26-14-17-12-18(13-21(17)3)27-29(24,25)20-10-6-16(2)7-11-20/h4-11,17-18H,12-14H2,1-3H3/t17-,18+/m0/s1. The first kappa shape index (κ1) is 21.9. The molecular weight excluding hydrogens is 414 g/mol. The molecule has 0 unspecified atom stereocenters. The summed E-state index contributed by atoms with van der Waals surface area (Å²) >= 11 is 0. The molecule has 0 bridgehead atoms. The maximum atomic E-state index is 12.5. The van der Waals surface area contributed by atoms with Crippen molar-refractivity contribution in [2.24, 2.45) is 0 Å². The van der Waals surface area contributed by atoms with Gasteiger partial charge in [0, 0.05) is 12.6 Å². The number of likely N-dealkylation sites (tertiary alicyclic amines) is 1. The predicted molar refractivity (Wildman–Crippen MR) is 109 cm³/mol. The van der Waals surface area contributed by atoms with Gasteiger partial charge < -0.3 is 0 Å². The molecule has 1 aliphatic rings. The van der Waals surface area contributed by atoms with Gasteiger partial charge in [-0.2, -0.15) is 16.8 Å². The summed E-state index contributed by atoms with van der Waals surface area (Å²) in [4.78, 5) is 2.05. The second-order valence-corrected chi connectivity index (χ2v) is 10.6. The lowest BCUT2D eigenvalue weighted by Crippen LogP contribution is -2.30. The molecule has 158 valence electrons. The molecule has 9 heteroatoms. The lowest BCUT2D eigenvalue weighted by Gasteiger charge is -2.18. The molecule has 2 aromatic rings. The monoisotopic (exact) mass is 439 g/mol. The fraction of sp³-hybridized carbons (Fsp3) is 0.400. The van der Waals surface area contributed by atoms with E-state index in [2.05, 4.69) is 0 Å². The lowest BCUT2D eigenvalue weighted by molar-refractivity contribution is 0.201. The van der Waals surface area contributed by atoms with Gasteiger partial charge in [0.25, 0.3) is 20.2 Å². The van der Waals surface area contributed by atoms with Crippen molar-refractivity contribution in [3.63, 3.8) is 0 Å². The first-order chi connectivity index (χ1) is 13.6. The Morgan fingerprint density at radius 3 is 1.86 bits per heavy atom. The van der Waals surface area contributed by atoms with Crippen molar-refractivity contribution in [1.29, 1.82) is 0 Å². The number of likely N-dealkylation sites (N-methyl/N-ethyl adjacent to an activating group) is 1. The number of rotatable bonds is 7. The third kappa shape index (κ3) is 5.43. The van der Waals surface area contributed by atoms with Crippen LogP contribution in [0, 0.1) is 13.8 Å². The molecule has 0 amide bonds. The summed E-state index contributed by atoms with van der Waals surface area (Å²) in [7, 11) is -5.97. The van der Waals surface area contributed by atoms with Crippen LogP contribution in [0.4, 0.5) is 0 Å². The highest BCUT2D eigenvalue weighted by molar-refractivity contribution is 7.87. The Bertz CT molecular complexity index is 1050. The Balaban J connectivity index is 1.60. The molecular formula is C20H25NO6S2. The van der Waals surface area contributed by atoms with E-state index in [0.717, 1.165) is 11.1 Å². The summed E-state index contributed by atoms with van der Waals surface area (Å²) in [5, 5.41) is 0. The Morgan fingerprint density at radius 1 is 0.862 bits per heavy atom.